The van der Waals surface area contributed by atoms with Gasteiger partial charge in [0.15, 0.2) is 0 Å². The van der Waals surface area contributed by atoms with Crippen LogP contribution in [-0.2, 0) is 0 Å². The molecular weight excluding hydrogens is 553 g/mol. The van der Waals surface area contributed by atoms with Gasteiger partial charge in [-0.05, 0) is 121 Å². The maximum atomic E-state index is 2.53. The lowest BCUT2D eigenvalue weighted by Gasteiger charge is -2.18. The molecule has 11 aromatic rings. The Hall–Kier alpha value is -5.98. The van der Waals surface area contributed by atoms with Crippen LogP contribution in [0.25, 0.3) is 108 Å². The molecular formula is C46H26. The molecule has 0 radical (unpaired) electrons. The van der Waals surface area contributed by atoms with E-state index in [9.17, 15) is 0 Å². The Kier molecular flexibility index (Phi) is 4.66. The van der Waals surface area contributed by atoms with E-state index in [4.69, 9.17) is 0 Å². The zero-order valence-corrected chi connectivity index (χ0v) is 25.0. The van der Waals surface area contributed by atoms with Crippen LogP contribution in [0.4, 0.5) is 0 Å². The zero-order chi connectivity index (χ0) is 29.9. The minimum absolute atomic E-state index is 1.25. The molecule has 0 bridgehead atoms. The average Bonchev–Trinajstić information content (AvgIpc) is 3.63. The highest BCUT2D eigenvalue weighted by atomic mass is 14.3. The summed E-state index contributed by atoms with van der Waals surface area (Å²) >= 11 is 0. The fourth-order valence-corrected chi connectivity index (χ4v) is 8.76. The first-order valence-corrected chi connectivity index (χ1v) is 16.1. The molecule has 0 atom stereocenters. The fraction of sp³-hybridized carbons (Fsp3) is 0. The van der Waals surface area contributed by atoms with Crippen LogP contribution in [0.15, 0.2) is 158 Å². The molecule has 0 nitrogen and oxygen atoms in total. The predicted molar refractivity (Wildman–Crippen MR) is 200 cm³/mol. The molecule has 0 aliphatic carbocycles. The van der Waals surface area contributed by atoms with Crippen LogP contribution in [-0.4, -0.2) is 0 Å². The van der Waals surface area contributed by atoms with E-state index in [2.05, 4.69) is 158 Å². The van der Waals surface area contributed by atoms with E-state index in [0.29, 0.717) is 0 Å². The lowest BCUT2D eigenvalue weighted by atomic mass is 9.85. The lowest BCUT2D eigenvalue weighted by Crippen LogP contribution is -1.91. The highest BCUT2D eigenvalue weighted by Crippen LogP contribution is 2.52. The monoisotopic (exact) mass is 578 g/mol. The first-order chi connectivity index (χ1) is 22.9. The van der Waals surface area contributed by atoms with Crippen LogP contribution in [0.3, 0.4) is 0 Å². The van der Waals surface area contributed by atoms with E-state index < -0.39 is 0 Å². The molecule has 0 spiro atoms. The molecule has 0 fully saturated rings. The summed E-state index contributed by atoms with van der Waals surface area (Å²) in [5, 5.41) is 21.5. The summed E-state index contributed by atoms with van der Waals surface area (Å²) in [6.07, 6.45) is 0. The molecule has 210 valence electrons. The lowest BCUT2D eigenvalue weighted by molar-refractivity contribution is 1.66. The van der Waals surface area contributed by atoms with Gasteiger partial charge in [0.25, 0.3) is 0 Å². The maximum Gasteiger partial charge on any atom is -0.00134 e. The van der Waals surface area contributed by atoms with E-state index in [1.807, 2.05) is 0 Å². The minimum atomic E-state index is 1.25. The summed E-state index contributed by atoms with van der Waals surface area (Å²) < 4.78 is 0. The van der Waals surface area contributed by atoms with E-state index in [1.165, 1.54) is 108 Å². The van der Waals surface area contributed by atoms with Gasteiger partial charge in [-0.3, -0.25) is 0 Å². The van der Waals surface area contributed by atoms with Crippen molar-refractivity contribution in [2.24, 2.45) is 0 Å². The topological polar surface area (TPSA) is 0 Å². The Labute approximate surface area is 265 Å². The zero-order valence-electron chi connectivity index (χ0n) is 25.0. The maximum absolute atomic E-state index is 2.53. The molecule has 0 heteroatoms. The van der Waals surface area contributed by atoms with Gasteiger partial charge < -0.3 is 0 Å². The normalized spacial score (nSPS) is 12.3. The Morgan fingerprint density at radius 1 is 0.196 bits per heavy atom. The van der Waals surface area contributed by atoms with Crippen molar-refractivity contribution in [3.63, 3.8) is 0 Å². The summed E-state index contributed by atoms with van der Waals surface area (Å²) in [5.41, 5.74) is 5.11. The Morgan fingerprint density at radius 3 is 1.07 bits per heavy atom. The van der Waals surface area contributed by atoms with Crippen LogP contribution >= 0.6 is 0 Å². The summed E-state index contributed by atoms with van der Waals surface area (Å²) in [4.78, 5) is 0. The van der Waals surface area contributed by atoms with Crippen molar-refractivity contribution in [3.8, 4) is 22.3 Å². The Morgan fingerprint density at radius 2 is 0.543 bits per heavy atom. The molecule has 0 amide bonds. The van der Waals surface area contributed by atoms with Gasteiger partial charge in [-0.2, -0.15) is 0 Å². The van der Waals surface area contributed by atoms with Gasteiger partial charge in [-0.25, -0.2) is 0 Å². The van der Waals surface area contributed by atoms with Crippen LogP contribution in [0, 0.1) is 0 Å². The van der Waals surface area contributed by atoms with E-state index in [0.717, 1.165) is 0 Å². The SMILES string of the molecule is c1ccc(-c2c3ccccc3c(-c3ccccc3)c3cc4c(cc23)c2cccc3c5c6ccccc6c6cccc(c65)c4c23)cc1. The van der Waals surface area contributed by atoms with E-state index in [-0.39, 0.29) is 0 Å². The van der Waals surface area contributed by atoms with Crippen molar-refractivity contribution in [1.29, 1.82) is 0 Å². The van der Waals surface area contributed by atoms with Gasteiger partial charge in [0.1, 0.15) is 0 Å². The van der Waals surface area contributed by atoms with E-state index in [1.54, 1.807) is 0 Å². The smallest absolute Gasteiger partial charge is 0.00134 e. The Bertz CT molecular complexity index is 2990. The number of fused-ring (bicyclic) bond motifs is 10. The second kappa shape index (κ2) is 8.81. The van der Waals surface area contributed by atoms with Gasteiger partial charge in [-0.15, -0.1) is 0 Å². The quantitative estimate of drug-likeness (QED) is 0.179. The molecule has 0 aromatic heterocycles. The molecule has 46 heavy (non-hydrogen) atoms. The van der Waals surface area contributed by atoms with Gasteiger partial charge in [0.2, 0.25) is 0 Å². The van der Waals surface area contributed by atoms with Crippen LogP contribution in [0.2, 0.25) is 0 Å². The third-order valence-corrected chi connectivity index (χ3v) is 10.5. The van der Waals surface area contributed by atoms with Crippen molar-refractivity contribution < 1.29 is 0 Å². The largest absolute Gasteiger partial charge is 0.0622 e. The average molecular weight is 579 g/mol. The van der Waals surface area contributed by atoms with Crippen LogP contribution in [0.1, 0.15) is 0 Å². The number of benzene rings is 9. The number of hydrogen-bond acceptors (Lipinski definition) is 0. The summed E-state index contributed by atoms with van der Waals surface area (Å²) in [7, 11) is 0. The van der Waals surface area contributed by atoms with Crippen molar-refractivity contribution in [3.05, 3.63) is 158 Å². The van der Waals surface area contributed by atoms with Crippen molar-refractivity contribution in [2.45, 2.75) is 0 Å². The van der Waals surface area contributed by atoms with Crippen molar-refractivity contribution in [1.82, 2.24) is 0 Å². The van der Waals surface area contributed by atoms with Gasteiger partial charge in [0.05, 0.1) is 0 Å². The van der Waals surface area contributed by atoms with Gasteiger partial charge in [-0.1, -0.05) is 146 Å². The highest BCUT2D eigenvalue weighted by Gasteiger charge is 2.24. The van der Waals surface area contributed by atoms with Crippen molar-refractivity contribution >= 4 is 86.2 Å². The first-order valence-electron chi connectivity index (χ1n) is 16.1. The highest BCUT2D eigenvalue weighted by molar-refractivity contribution is 6.48. The first kappa shape index (κ1) is 24.4. The third-order valence-electron chi connectivity index (χ3n) is 10.5. The summed E-state index contributed by atoms with van der Waals surface area (Å²) in [6.45, 7) is 0. The molecule has 11 rings (SSSR count). The van der Waals surface area contributed by atoms with Gasteiger partial charge >= 0.3 is 0 Å². The molecule has 0 saturated heterocycles. The minimum Gasteiger partial charge on any atom is -0.0622 e. The van der Waals surface area contributed by atoms with Crippen LogP contribution < -0.4 is 0 Å². The third kappa shape index (κ3) is 2.99. The molecule has 0 aliphatic rings. The van der Waals surface area contributed by atoms with Crippen LogP contribution in [0.5, 0.6) is 0 Å². The second-order valence-corrected chi connectivity index (χ2v) is 12.7. The Balaban J connectivity index is 1.44. The molecule has 0 N–H and O–H groups in total. The molecule has 11 aromatic carbocycles. The summed E-state index contributed by atoms with van der Waals surface area (Å²) in [5.74, 6) is 0. The summed E-state index contributed by atoms with van der Waals surface area (Å²) in [6, 6.07) is 58.7. The second-order valence-electron chi connectivity index (χ2n) is 12.7. The molecule has 0 heterocycles. The molecule has 0 saturated carbocycles. The van der Waals surface area contributed by atoms with E-state index >= 15 is 0 Å². The number of hydrogen-bond donors (Lipinski definition) is 0. The molecule has 0 unspecified atom stereocenters. The van der Waals surface area contributed by atoms with Gasteiger partial charge in [0, 0.05) is 0 Å². The number of rotatable bonds is 2. The standard InChI is InChI=1S/C46H26/c1-3-13-27(14-4-1)41-32-19-9-10-20-33(32)42(28-15-5-2-6-16-28)40-26-38-37(25-39(40)41)34-22-12-23-35-43-30-18-8-7-17-29(30)31-21-11-24-36(44(31)43)46(38)45(34)35/h1-26H. The molecule has 0 aliphatic heterocycles. The fourth-order valence-electron chi connectivity index (χ4n) is 8.76. The predicted octanol–water partition coefficient (Wildman–Crippen LogP) is 13.1. The van der Waals surface area contributed by atoms with Crippen molar-refractivity contribution in [2.75, 3.05) is 0 Å².